The molecule has 1 saturated heterocycles. The Morgan fingerprint density at radius 2 is 1.56 bits per heavy atom. The quantitative estimate of drug-likeness (QED) is 0.816. The van der Waals surface area contributed by atoms with Crippen molar-refractivity contribution in [3.8, 4) is 0 Å². The normalized spacial score (nSPS) is 15.0. The number of halogens is 1. The predicted molar refractivity (Wildman–Crippen MR) is 102 cm³/mol. The maximum atomic E-state index is 12.7. The standard InChI is InChI=1S/C19H19ClN2O2S/c20-15-6-3-5-14(13-15)18(23)21-9-4-10-22(12-11-21)19(24)16-7-1-2-8-17(16)25/h1-3,5-8,13,25H,4,9-12H2. The third-order valence-corrected chi connectivity index (χ3v) is 4.90. The molecule has 3 rings (SSSR count). The Kier molecular flexibility index (Phi) is 5.66. The molecule has 1 aliphatic heterocycles. The number of thiol groups is 1. The summed E-state index contributed by atoms with van der Waals surface area (Å²) in [5.74, 6) is -0.0888. The highest BCUT2D eigenvalue weighted by atomic mass is 35.5. The van der Waals surface area contributed by atoms with Crippen LogP contribution in [0.5, 0.6) is 0 Å². The van der Waals surface area contributed by atoms with Crippen LogP contribution in [-0.2, 0) is 0 Å². The lowest BCUT2D eigenvalue weighted by molar-refractivity contribution is 0.0717. The molecule has 0 radical (unpaired) electrons. The number of amides is 2. The summed E-state index contributed by atoms with van der Waals surface area (Å²) in [6, 6.07) is 14.2. The molecular weight excluding hydrogens is 356 g/mol. The van der Waals surface area contributed by atoms with Gasteiger partial charge >= 0.3 is 0 Å². The fourth-order valence-corrected chi connectivity index (χ4v) is 3.40. The van der Waals surface area contributed by atoms with E-state index in [0.29, 0.717) is 47.2 Å². The molecule has 0 saturated carbocycles. The fourth-order valence-electron chi connectivity index (χ4n) is 2.95. The van der Waals surface area contributed by atoms with Gasteiger partial charge in [0.2, 0.25) is 0 Å². The molecule has 0 aromatic heterocycles. The van der Waals surface area contributed by atoms with Crippen LogP contribution in [0.4, 0.5) is 0 Å². The topological polar surface area (TPSA) is 40.6 Å². The van der Waals surface area contributed by atoms with E-state index in [1.807, 2.05) is 18.2 Å². The molecule has 2 aromatic carbocycles. The van der Waals surface area contributed by atoms with Crippen molar-refractivity contribution >= 4 is 36.0 Å². The minimum absolute atomic E-state index is 0.0392. The number of carbonyl (C=O) groups is 2. The van der Waals surface area contributed by atoms with Crippen molar-refractivity contribution in [2.24, 2.45) is 0 Å². The van der Waals surface area contributed by atoms with Crippen LogP contribution in [0, 0.1) is 0 Å². The summed E-state index contributed by atoms with van der Waals surface area (Å²) < 4.78 is 0. The summed E-state index contributed by atoms with van der Waals surface area (Å²) in [6.07, 6.45) is 0.743. The zero-order valence-corrected chi connectivity index (χ0v) is 15.3. The van der Waals surface area contributed by atoms with Gasteiger partial charge in [0.15, 0.2) is 0 Å². The molecule has 4 nitrogen and oxygen atoms in total. The molecular formula is C19H19ClN2O2S. The van der Waals surface area contributed by atoms with E-state index in [2.05, 4.69) is 12.6 Å². The second kappa shape index (κ2) is 7.93. The van der Waals surface area contributed by atoms with Crippen LogP contribution in [0.15, 0.2) is 53.4 Å². The van der Waals surface area contributed by atoms with Gasteiger partial charge < -0.3 is 9.80 Å². The Balaban J connectivity index is 1.69. The summed E-state index contributed by atoms with van der Waals surface area (Å²) in [6.45, 7) is 2.26. The van der Waals surface area contributed by atoms with Crippen LogP contribution in [0.1, 0.15) is 27.1 Å². The lowest BCUT2D eigenvalue weighted by atomic mass is 10.2. The minimum Gasteiger partial charge on any atom is -0.337 e. The second-order valence-corrected chi connectivity index (χ2v) is 6.88. The van der Waals surface area contributed by atoms with Gasteiger partial charge in [-0.05, 0) is 36.8 Å². The number of nitrogens with zero attached hydrogens (tertiary/aromatic N) is 2. The number of hydrogen-bond acceptors (Lipinski definition) is 3. The maximum absolute atomic E-state index is 12.7. The Labute approximate surface area is 157 Å². The third kappa shape index (κ3) is 4.17. The van der Waals surface area contributed by atoms with Gasteiger partial charge in [-0.3, -0.25) is 9.59 Å². The van der Waals surface area contributed by atoms with Crippen LogP contribution in [0.25, 0.3) is 0 Å². The Morgan fingerprint density at radius 1 is 0.880 bits per heavy atom. The van der Waals surface area contributed by atoms with Gasteiger partial charge in [-0.15, -0.1) is 12.6 Å². The molecule has 0 aliphatic carbocycles. The molecule has 0 N–H and O–H groups in total. The highest BCUT2D eigenvalue weighted by molar-refractivity contribution is 7.80. The SMILES string of the molecule is O=C(c1cccc(Cl)c1)N1CCCN(C(=O)c2ccccc2S)CC1. The molecule has 0 unspecified atom stereocenters. The van der Waals surface area contributed by atoms with E-state index in [4.69, 9.17) is 11.6 Å². The van der Waals surface area contributed by atoms with Gasteiger partial charge in [0, 0.05) is 41.7 Å². The lowest BCUT2D eigenvalue weighted by Crippen LogP contribution is -2.37. The van der Waals surface area contributed by atoms with Gasteiger partial charge in [0.05, 0.1) is 5.56 Å². The first kappa shape index (κ1) is 17.8. The minimum atomic E-state index is -0.0496. The van der Waals surface area contributed by atoms with Crippen molar-refractivity contribution in [3.63, 3.8) is 0 Å². The van der Waals surface area contributed by atoms with Crippen LogP contribution in [0.3, 0.4) is 0 Å². The van der Waals surface area contributed by atoms with Gasteiger partial charge in [-0.2, -0.15) is 0 Å². The summed E-state index contributed by atoms with van der Waals surface area (Å²) in [7, 11) is 0. The smallest absolute Gasteiger partial charge is 0.255 e. The van der Waals surface area contributed by atoms with Gasteiger partial charge in [0.25, 0.3) is 11.8 Å². The number of benzene rings is 2. The molecule has 6 heteroatoms. The molecule has 0 bridgehead atoms. The Hall–Kier alpha value is -1.98. The van der Waals surface area contributed by atoms with E-state index < -0.39 is 0 Å². The molecule has 2 amide bonds. The van der Waals surface area contributed by atoms with Crippen molar-refractivity contribution in [3.05, 3.63) is 64.7 Å². The Bertz CT molecular complexity index is 796. The van der Waals surface area contributed by atoms with Gasteiger partial charge in [-0.25, -0.2) is 0 Å². The highest BCUT2D eigenvalue weighted by Gasteiger charge is 2.24. The van der Waals surface area contributed by atoms with Crippen LogP contribution >= 0.6 is 24.2 Å². The van der Waals surface area contributed by atoms with Crippen molar-refractivity contribution in [2.45, 2.75) is 11.3 Å². The van der Waals surface area contributed by atoms with E-state index in [9.17, 15) is 9.59 Å². The molecule has 1 aliphatic rings. The number of carbonyl (C=O) groups excluding carboxylic acids is 2. The monoisotopic (exact) mass is 374 g/mol. The zero-order valence-electron chi connectivity index (χ0n) is 13.7. The van der Waals surface area contributed by atoms with Crippen LogP contribution < -0.4 is 0 Å². The van der Waals surface area contributed by atoms with E-state index in [1.54, 1.807) is 40.1 Å². The predicted octanol–water partition coefficient (Wildman–Crippen LogP) is 3.62. The van der Waals surface area contributed by atoms with Crippen molar-refractivity contribution in [1.29, 1.82) is 0 Å². The van der Waals surface area contributed by atoms with Gasteiger partial charge in [0.1, 0.15) is 0 Å². The molecule has 2 aromatic rings. The maximum Gasteiger partial charge on any atom is 0.255 e. The number of rotatable bonds is 2. The average Bonchev–Trinajstić information content (AvgIpc) is 2.87. The summed E-state index contributed by atoms with van der Waals surface area (Å²) >= 11 is 10.3. The van der Waals surface area contributed by atoms with E-state index >= 15 is 0 Å². The third-order valence-electron chi connectivity index (χ3n) is 4.28. The van der Waals surface area contributed by atoms with Crippen molar-refractivity contribution in [1.82, 2.24) is 9.80 Å². The second-order valence-electron chi connectivity index (χ2n) is 5.97. The molecule has 1 heterocycles. The first-order valence-electron chi connectivity index (χ1n) is 8.18. The Morgan fingerprint density at radius 3 is 2.24 bits per heavy atom. The first-order chi connectivity index (χ1) is 12.1. The summed E-state index contributed by atoms with van der Waals surface area (Å²) in [5, 5.41) is 0.544. The van der Waals surface area contributed by atoms with Crippen LogP contribution in [-0.4, -0.2) is 47.8 Å². The lowest BCUT2D eigenvalue weighted by Gasteiger charge is -2.23. The molecule has 0 spiro atoms. The van der Waals surface area contributed by atoms with E-state index in [0.717, 1.165) is 6.42 Å². The fraction of sp³-hybridized carbons (Fsp3) is 0.263. The summed E-state index contributed by atoms with van der Waals surface area (Å²) in [5.41, 5.74) is 1.17. The van der Waals surface area contributed by atoms with Crippen molar-refractivity contribution < 1.29 is 9.59 Å². The van der Waals surface area contributed by atoms with E-state index in [-0.39, 0.29) is 11.8 Å². The largest absolute Gasteiger partial charge is 0.337 e. The molecule has 130 valence electrons. The first-order valence-corrected chi connectivity index (χ1v) is 9.01. The zero-order chi connectivity index (χ0) is 17.8. The molecule has 0 atom stereocenters. The van der Waals surface area contributed by atoms with Crippen molar-refractivity contribution in [2.75, 3.05) is 26.2 Å². The number of hydrogen-bond donors (Lipinski definition) is 1. The molecule has 25 heavy (non-hydrogen) atoms. The summed E-state index contributed by atoms with van der Waals surface area (Å²) in [4.78, 5) is 29.6. The molecule has 1 fully saturated rings. The van der Waals surface area contributed by atoms with Gasteiger partial charge in [-0.1, -0.05) is 29.8 Å². The van der Waals surface area contributed by atoms with E-state index in [1.165, 1.54) is 0 Å². The highest BCUT2D eigenvalue weighted by Crippen LogP contribution is 2.18. The average molecular weight is 375 g/mol. The van der Waals surface area contributed by atoms with Crippen LogP contribution in [0.2, 0.25) is 5.02 Å².